The lowest BCUT2D eigenvalue weighted by atomic mass is 9.84. The van der Waals surface area contributed by atoms with Gasteiger partial charge in [0.2, 0.25) is 0 Å². The maximum atomic E-state index is 6.60. The van der Waals surface area contributed by atoms with Crippen LogP contribution in [0, 0.1) is 0 Å². The van der Waals surface area contributed by atoms with E-state index in [0.717, 1.165) is 22.6 Å². The summed E-state index contributed by atoms with van der Waals surface area (Å²) in [6.45, 7) is 1.94. The molecule has 0 saturated carbocycles. The second-order valence-corrected chi connectivity index (χ2v) is 4.97. The van der Waals surface area contributed by atoms with Crippen molar-refractivity contribution in [3.05, 3.63) is 53.6 Å². The van der Waals surface area contributed by atoms with Crippen molar-refractivity contribution in [3.63, 3.8) is 0 Å². The van der Waals surface area contributed by atoms with E-state index in [-0.39, 0.29) is 0 Å². The Kier molecular flexibility index (Phi) is 4.38. The number of benzene rings is 2. The zero-order chi connectivity index (χ0) is 15.5. The van der Waals surface area contributed by atoms with Crippen LogP contribution < -0.4 is 19.9 Å². The van der Waals surface area contributed by atoms with Gasteiger partial charge >= 0.3 is 0 Å². The predicted molar refractivity (Wildman–Crippen MR) is 83.2 cm³/mol. The van der Waals surface area contributed by atoms with Crippen molar-refractivity contribution in [2.75, 3.05) is 21.3 Å². The minimum Gasteiger partial charge on any atom is -0.497 e. The van der Waals surface area contributed by atoms with E-state index in [0.29, 0.717) is 5.75 Å². The third-order valence-electron chi connectivity index (χ3n) is 3.63. The Morgan fingerprint density at radius 1 is 0.810 bits per heavy atom. The molecule has 112 valence electrons. The number of para-hydroxylation sites is 1. The van der Waals surface area contributed by atoms with Crippen molar-refractivity contribution >= 4 is 0 Å². The van der Waals surface area contributed by atoms with E-state index < -0.39 is 5.54 Å². The lowest BCUT2D eigenvalue weighted by Gasteiger charge is -2.29. The molecule has 2 aromatic rings. The van der Waals surface area contributed by atoms with E-state index in [9.17, 15) is 0 Å². The number of ether oxygens (including phenoxy) is 3. The van der Waals surface area contributed by atoms with E-state index in [2.05, 4.69) is 0 Å². The Morgan fingerprint density at radius 3 is 2.05 bits per heavy atom. The van der Waals surface area contributed by atoms with Crippen LogP contribution in [0.5, 0.6) is 17.2 Å². The molecule has 0 aliphatic heterocycles. The molecule has 0 fully saturated rings. The molecule has 0 saturated heterocycles. The SMILES string of the molecule is COc1ccc(C(C)(N)c2ccccc2OC)c(OC)c1. The van der Waals surface area contributed by atoms with E-state index in [4.69, 9.17) is 19.9 Å². The first-order valence-electron chi connectivity index (χ1n) is 6.69. The Bertz CT molecular complexity index is 623. The molecular formula is C17H21NO3. The largest absolute Gasteiger partial charge is 0.497 e. The van der Waals surface area contributed by atoms with Crippen molar-refractivity contribution in [2.45, 2.75) is 12.5 Å². The van der Waals surface area contributed by atoms with Crippen LogP contribution in [0.4, 0.5) is 0 Å². The zero-order valence-corrected chi connectivity index (χ0v) is 12.8. The van der Waals surface area contributed by atoms with Crippen LogP contribution in [0.25, 0.3) is 0 Å². The Morgan fingerprint density at radius 2 is 1.43 bits per heavy atom. The van der Waals surface area contributed by atoms with Crippen molar-refractivity contribution < 1.29 is 14.2 Å². The second kappa shape index (κ2) is 6.06. The number of rotatable bonds is 5. The molecule has 0 aromatic heterocycles. The number of hydrogen-bond donors (Lipinski definition) is 1. The van der Waals surface area contributed by atoms with Gasteiger partial charge in [0.15, 0.2) is 0 Å². The van der Waals surface area contributed by atoms with E-state index in [1.165, 1.54) is 0 Å². The maximum absolute atomic E-state index is 6.60. The average Bonchev–Trinajstić information content (AvgIpc) is 2.53. The highest BCUT2D eigenvalue weighted by atomic mass is 16.5. The van der Waals surface area contributed by atoms with Crippen LogP contribution in [0.15, 0.2) is 42.5 Å². The van der Waals surface area contributed by atoms with Crippen molar-refractivity contribution in [3.8, 4) is 17.2 Å². The highest BCUT2D eigenvalue weighted by Gasteiger charge is 2.30. The van der Waals surface area contributed by atoms with Gasteiger partial charge in [-0.25, -0.2) is 0 Å². The summed E-state index contributed by atoms with van der Waals surface area (Å²) in [5.74, 6) is 2.16. The fourth-order valence-corrected chi connectivity index (χ4v) is 2.45. The first kappa shape index (κ1) is 15.2. The van der Waals surface area contributed by atoms with Gasteiger partial charge in [-0.1, -0.05) is 18.2 Å². The molecule has 0 heterocycles. The molecule has 4 heteroatoms. The van der Waals surface area contributed by atoms with Crippen LogP contribution in [-0.2, 0) is 5.54 Å². The zero-order valence-electron chi connectivity index (χ0n) is 12.8. The Balaban J connectivity index is 2.58. The molecule has 0 aliphatic carbocycles. The molecule has 0 bridgehead atoms. The summed E-state index contributed by atoms with van der Waals surface area (Å²) in [4.78, 5) is 0. The van der Waals surface area contributed by atoms with Gasteiger partial charge < -0.3 is 19.9 Å². The standard InChI is InChI=1S/C17H21NO3/c1-17(18,13-7-5-6-8-15(13)20-3)14-10-9-12(19-2)11-16(14)21-4/h5-11H,18H2,1-4H3. The van der Waals surface area contributed by atoms with E-state index in [1.807, 2.05) is 49.4 Å². The summed E-state index contributed by atoms with van der Waals surface area (Å²) in [6, 6.07) is 13.3. The van der Waals surface area contributed by atoms with Crippen LogP contribution in [0.2, 0.25) is 0 Å². The molecule has 4 nitrogen and oxygen atoms in total. The summed E-state index contributed by atoms with van der Waals surface area (Å²) in [6.07, 6.45) is 0. The van der Waals surface area contributed by atoms with Crippen molar-refractivity contribution in [1.29, 1.82) is 0 Å². The second-order valence-electron chi connectivity index (χ2n) is 4.97. The van der Waals surface area contributed by atoms with Gasteiger partial charge in [0.05, 0.1) is 26.9 Å². The van der Waals surface area contributed by atoms with Gasteiger partial charge in [-0.05, 0) is 25.1 Å². The summed E-state index contributed by atoms with van der Waals surface area (Å²) in [5.41, 5.74) is 7.63. The highest BCUT2D eigenvalue weighted by molar-refractivity contribution is 5.52. The smallest absolute Gasteiger partial charge is 0.127 e. The van der Waals surface area contributed by atoms with E-state index in [1.54, 1.807) is 21.3 Å². The van der Waals surface area contributed by atoms with Crippen LogP contribution in [0.3, 0.4) is 0 Å². The molecule has 2 aromatic carbocycles. The van der Waals surface area contributed by atoms with Crippen molar-refractivity contribution in [1.82, 2.24) is 0 Å². The van der Waals surface area contributed by atoms with Crippen LogP contribution in [0.1, 0.15) is 18.1 Å². The molecule has 0 radical (unpaired) electrons. The van der Waals surface area contributed by atoms with Gasteiger partial charge in [0.25, 0.3) is 0 Å². The molecule has 1 unspecified atom stereocenters. The molecule has 1 atom stereocenters. The quantitative estimate of drug-likeness (QED) is 0.918. The van der Waals surface area contributed by atoms with E-state index >= 15 is 0 Å². The predicted octanol–water partition coefficient (Wildman–Crippen LogP) is 2.93. The monoisotopic (exact) mass is 287 g/mol. The number of hydrogen-bond acceptors (Lipinski definition) is 4. The Labute approximate surface area is 125 Å². The first-order chi connectivity index (χ1) is 10.0. The number of methoxy groups -OCH3 is 3. The number of nitrogens with two attached hydrogens (primary N) is 1. The lowest BCUT2D eigenvalue weighted by molar-refractivity contribution is 0.377. The fourth-order valence-electron chi connectivity index (χ4n) is 2.45. The van der Waals surface area contributed by atoms with Gasteiger partial charge in [-0.3, -0.25) is 0 Å². The third-order valence-corrected chi connectivity index (χ3v) is 3.63. The normalized spacial score (nSPS) is 13.4. The average molecular weight is 287 g/mol. The molecule has 21 heavy (non-hydrogen) atoms. The van der Waals surface area contributed by atoms with Gasteiger partial charge in [-0.15, -0.1) is 0 Å². The van der Waals surface area contributed by atoms with Crippen molar-refractivity contribution in [2.24, 2.45) is 5.73 Å². The third kappa shape index (κ3) is 2.81. The first-order valence-corrected chi connectivity index (χ1v) is 6.69. The molecular weight excluding hydrogens is 266 g/mol. The molecule has 2 rings (SSSR count). The summed E-state index contributed by atoms with van der Waals surface area (Å²) >= 11 is 0. The topological polar surface area (TPSA) is 53.7 Å². The van der Waals surface area contributed by atoms with Gasteiger partial charge in [0, 0.05) is 17.2 Å². The minimum absolute atomic E-state index is 0.685. The molecule has 0 amide bonds. The maximum Gasteiger partial charge on any atom is 0.127 e. The lowest BCUT2D eigenvalue weighted by Crippen LogP contribution is -2.35. The molecule has 0 aliphatic rings. The summed E-state index contributed by atoms with van der Waals surface area (Å²) < 4.78 is 16.1. The summed E-state index contributed by atoms with van der Waals surface area (Å²) in [5, 5.41) is 0. The minimum atomic E-state index is -0.746. The highest BCUT2D eigenvalue weighted by Crippen LogP contribution is 2.39. The molecule has 0 spiro atoms. The van der Waals surface area contributed by atoms with Gasteiger partial charge in [0.1, 0.15) is 17.2 Å². The van der Waals surface area contributed by atoms with Crippen LogP contribution >= 0.6 is 0 Å². The molecule has 2 N–H and O–H groups in total. The van der Waals surface area contributed by atoms with Gasteiger partial charge in [-0.2, -0.15) is 0 Å². The Hall–Kier alpha value is -2.20. The van der Waals surface area contributed by atoms with Crippen LogP contribution in [-0.4, -0.2) is 21.3 Å². The fraction of sp³-hybridized carbons (Fsp3) is 0.294. The summed E-state index contributed by atoms with van der Waals surface area (Å²) in [7, 11) is 4.88.